The van der Waals surface area contributed by atoms with Gasteiger partial charge in [0.1, 0.15) is 23.0 Å². The summed E-state index contributed by atoms with van der Waals surface area (Å²) in [6.07, 6.45) is 4.74. The first kappa shape index (κ1) is 51.4. The average Bonchev–Trinajstić information content (AvgIpc) is 3.36. The van der Waals surface area contributed by atoms with E-state index in [1.807, 2.05) is 98.8 Å². The van der Waals surface area contributed by atoms with E-state index in [-0.39, 0.29) is 23.0 Å². The quantitative estimate of drug-likeness (QED) is 0.0266. The minimum absolute atomic E-state index is 0.0571. The van der Waals surface area contributed by atoms with Gasteiger partial charge in [-0.25, -0.2) is 4.79 Å². The molecule has 0 saturated carbocycles. The third kappa shape index (κ3) is 14.0. The molecule has 0 amide bonds. The minimum atomic E-state index is -0.426. The number of nitrogens with one attached hydrogen (secondary N) is 2. The van der Waals surface area contributed by atoms with Gasteiger partial charge in [-0.3, -0.25) is 4.79 Å². The first-order chi connectivity index (χ1) is 33.1. The van der Waals surface area contributed by atoms with Crippen LogP contribution in [0.15, 0.2) is 158 Å². The summed E-state index contributed by atoms with van der Waals surface area (Å²) in [6, 6.07) is 49.1. The summed E-state index contributed by atoms with van der Waals surface area (Å²) in [5.41, 5.74) is 8.67. The van der Waals surface area contributed by atoms with Crippen LogP contribution in [-0.2, 0) is 29.1 Å². The van der Waals surface area contributed by atoms with Gasteiger partial charge in [-0.2, -0.15) is 0 Å². The number of esters is 2. The van der Waals surface area contributed by atoms with Crippen LogP contribution in [0, 0.1) is 5.92 Å². The number of rotatable bonds is 24. The molecule has 0 bridgehead atoms. The van der Waals surface area contributed by atoms with Crippen molar-refractivity contribution < 1.29 is 23.8 Å². The second-order valence-corrected chi connectivity index (χ2v) is 18.8. The summed E-state index contributed by atoms with van der Waals surface area (Å²) >= 11 is 0. The van der Waals surface area contributed by atoms with E-state index in [1.165, 1.54) is 11.1 Å². The van der Waals surface area contributed by atoms with Gasteiger partial charge in [0.25, 0.3) is 0 Å². The van der Waals surface area contributed by atoms with Gasteiger partial charge in [0.2, 0.25) is 0 Å². The number of hydrogen-bond donors (Lipinski definition) is 2. The highest BCUT2D eigenvalue weighted by Gasteiger charge is 2.30. The lowest BCUT2D eigenvalue weighted by molar-refractivity contribution is -0.137. The molecule has 69 heavy (non-hydrogen) atoms. The molecule has 0 aliphatic rings. The topological polar surface area (TPSA) is 92.4 Å². The van der Waals surface area contributed by atoms with E-state index >= 15 is 0 Å². The van der Waals surface area contributed by atoms with Crippen molar-refractivity contribution in [3.63, 3.8) is 0 Å². The minimum Gasteiger partial charge on any atom is -0.457 e. The molecule has 6 aromatic carbocycles. The third-order valence-corrected chi connectivity index (χ3v) is 13.4. The number of carbonyl (C=O) groups excluding carboxylic acids is 2. The van der Waals surface area contributed by atoms with Gasteiger partial charge in [0.05, 0.1) is 12.6 Å². The Kier molecular flexibility index (Phi) is 17.7. The Labute approximate surface area is 411 Å². The molecule has 0 radical (unpaired) electrons. The molecule has 0 heterocycles. The maximum atomic E-state index is 12.7. The molecule has 0 aliphatic heterocycles. The van der Waals surface area contributed by atoms with Crippen LogP contribution in [0.5, 0.6) is 23.0 Å². The average molecular weight is 929 g/mol. The zero-order chi connectivity index (χ0) is 49.6. The Bertz CT molecular complexity index is 2600. The Balaban J connectivity index is 1.17. The van der Waals surface area contributed by atoms with Crippen molar-refractivity contribution in [1.82, 2.24) is 0 Å². The Morgan fingerprint density at radius 3 is 1.61 bits per heavy atom. The van der Waals surface area contributed by atoms with E-state index in [1.54, 1.807) is 6.92 Å². The highest BCUT2D eigenvalue weighted by atomic mass is 16.5. The van der Waals surface area contributed by atoms with Crippen molar-refractivity contribution in [3.8, 4) is 23.0 Å². The van der Waals surface area contributed by atoms with Crippen LogP contribution >= 0.6 is 0 Å². The van der Waals surface area contributed by atoms with Crippen molar-refractivity contribution in [1.29, 1.82) is 0 Å². The van der Waals surface area contributed by atoms with Crippen molar-refractivity contribution in [3.05, 3.63) is 180 Å². The van der Waals surface area contributed by atoms with Gasteiger partial charge in [0.15, 0.2) is 0 Å². The molecule has 0 atom stereocenters. The lowest BCUT2D eigenvalue weighted by Crippen LogP contribution is -2.45. The summed E-state index contributed by atoms with van der Waals surface area (Å²) in [6.45, 7) is 24.1. The highest BCUT2D eigenvalue weighted by molar-refractivity contribution is 5.89. The number of hydrogen-bond acceptors (Lipinski definition) is 9. The molecule has 362 valence electrons. The van der Waals surface area contributed by atoms with E-state index < -0.39 is 5.97 Å². The van der Waals surface area contributed by atoms with E-state index in [4.69, 9.17) is 14.2 Å². The molecule has 0 aliphatic carbocycles. The Hall–Kier alpha value is -7.00. The van der Waals surface area contributed by atoms with E-state index in [2.05, 4.69) is 129 Å². The Morgan fingerprint density at radius 1 is 0.609 bits per heavy atom. The fraction of sp³-hybridized carbons (Fsp3) is 0.333. The van der Waals surface area contributed by atoms with Gasteiger partial charge in [-0.05, 0) is 149 Å². The fourth-order valence-electron chi connectivity index (χ4n) is 7.92. The fourth-order valence-corrected chi connectivity index (χ4v) is 7.92. The predicted molar refractivity (Wildman–Crippen MR) is 285 cm³/mol. The first-order valence-electron chi connectivity index (χ1n) is 24.5. The van der Waals surface area contributed by atoms with Crippen LogP contribution in [-0.4, -0.2) is 29.7 Å². The van der Waals surface area contributed by atoms with Crippen LogP contribution in [0.3, 0.4) is 0 Å². The van der Waals surface area contributed by atoms with Crippen LogP contribution in [0.25, 0.3) is 0 Å². The zero-order valence-corrected chi connectivity index (χ0v) is 42.2. The van der Waals surface area contributed by atoms with Crippen molar-refractivity contribution in [2.24, 2.45) is 5.92 Å². The molecule has 6 rings (SSSR count). The van der Waals surface area contributed by atoms with Gasteiger partial charge in [-0.15, -0.1) is 0 Å². The van der Waals surface area contributed by atoms with Gasteiger partial charge in [0, 0.05) is 63.6 Å². The second-order valence-electron chi connectivity index (χ2n) is 18.8. The number of ether oxygens (including phenoxy) is 3. The maximum Gasteiger partial charge on any atom is 0.338 e. The molecule has 0 spiro atoms. The Morgan fingerprint density at radius 2 is 1.10 bits per heavy atom. The van der Waals surface area contributed by atoms with Gasteiger partial charge >= 0.3 is 11.9 Å². The molecular weight excluding hydrogens is 857 g/mol. The predicted octanol–water partition coefficient (Wildman–Crippen LogP) is 14.8. The number of para-hydroxylation sites is 2. The number of carbonyl (C=O) groups is 2. The largest absolute Gasteiger partial charge is 0.457 e. The SMILES string of the molecule is C=C(C)C(=O)Oc1ccccc1CN(c1ccc(Cc2ccc(N(CNc3ccc(Oc4ccc(NC(C)(CC)CC)cc4)cc3)Cc3ccccc3OC(=O)C(C)C)cc2)cc1)C(C)(CC)CC. The lowest BCUT2D eigenvalue weighted by Gasteiger charge is -2.42. The van der Waals surface area contributed by atoms with Crippen LogP contribution in [0.4, 0.5) is 22.7 Å². The summed E-state index contributed by atoms with van der Waals surface area (Å²) in [5, 5.41) is 7.27. The standard InChI is InChI=1S/C60H72N4O5/c1-11-59(9,12-2)62-50-29-37-54(38-30-50)67-53-35-27-49(28-36-53)61-42-63(40-47-19-15-17-21-55(47)68-57(65)43(5)6)51-31-23-45(24-32-51)39-46-25-33-52(34-26-46)64(60(10,13-3)14-4)41-48-20-16-18-22-56(48)69-58(66)44(7)8/h15-38,43,61-62H,7,11-14,39-42H2,1-6,8-10H3. The lowest BCUT2D eigenvalue weighted by atomic mass is 9.91. The van der Waals surface area contributed by atoms with E-state index in [9.17, 15) is 9.59 Å². The first-order valence-corrected chi connectivity index (χ1v) is 24.5. The summed E-state index contributed by atoms with van der Waals surface area (Å²) in [5.74, 6) is 1.69. The molecule has 0 aromatic heterocycles. The molecule has 0 fully saturated rings. The molecule has 2 N–H and O–H groups in total. The number of benzene rings is 6. The highest BCUT2D eigenvalue weighted by Crippen LogP contribution is 2.35. The maximum absolute atomic E-state index is 12.7. The van der Waals surface area contributed by atoms with Crippen molar-refractivity contribution >= 4 is 34.7 Å². The van der Waals surface area contributed by atoms with E-state index in [0.29, 0.717) is 36.8 Å². The normalized spacial score (nSPS) is 11.4. The molecule has 9 heteroatoms. The molecule has 0 unspecified atom stereocenters. The molecule has 6 aromatic rings. The zero-order valence-electron chi connectivity index (χ0n) is 42.2. The molecule has 0 saturated heterocycles. The van der Waals surface area contributed by atoms with Gasteiger partial charge < -0.3 is 34.6 Å². The van der Waals surface area contributed by atoms with Crippen LogP contribution in [0.2, 0.25) is 0 Å². The molecular formula is C60H72N4O5. The summed E-state index contributed by atoms with van der Waals surface area (Å²) in [4.78, 5) is 29.9. The molecule has 9 nitrogen and oxygen atoms in total. The van der Waals surface area contributed by atoms with Crippen LogP contribution in [0.1, 0.15) is 110 Å². The van der Waals surface area contributed by atoms with Crippen molar-refractivity contribution in [2.75, 3.05) is 27.1 Å². The summed E-state index contributed by atoms with van der Waals surface area (Å²) in [7, 11) is 0. The second kappa shape index (κ2) is 23.8. The van der Waals surface area contributed by atoms with Gasteiger partial charge in [-0.1, -0.05) is 109 Å². The van der Waals surface area contributed by atoms with Crippen LogP contribution < -0.4 is 34.6 Å². The smallest absolute Gasteiger partial charge is 0.338 e. The van der Waals surface area contributed by atoms with E-state index in [0.717, 1.165) is 77.5 Å². The third-order valence-electron chi connectivity index (χ3n) is 13.4. The number of anilines is 4. The monoisotopic (exact) mass is 929 g/mol. The van der Waals surface area contributed by atoms with Crippen molar-refractivity contribution in [2.45, 2.75) is 119 Å². The summed E-state index contributed by atoms with van der Waals surface area (Å²) < 4.78 is 17.9. The number of nitrogens with zero attached hydrogens (tertiary/aromatic N) is 2.